The first-order valence-corrected chi connectivity index (χ1v) is 5.95. The first kappa shape index (κ1) is 14.6. The Hall–Kier alpha value is -1.49. The van der Waals surface area contributed by atoms with Crippen LogP contribution in [0.2, 0.25) is 0 Å². The Labute approximate surface area is 114 Å². The average molecular weight is 270 g/mol. The molecule has 100 valence electrons. The molecule has 0 aromatic carbocycles. The Morgan fingerprint density at radius 2 is 2.17 bits per heavy atom. The summed E-state index contributed by atoms with van der Waals surface area (Å²) in [7, 11) is 1.93. The van der Waals surface area contributed by atoms with Crippen molar-refractivity contribution in [3.63, 3.8) is 0 Å². The van der Waals surface area contributed by atoms with E-state index in [2.05, 4.69) is 29.4 Å². The van der Waals surface area contributed by atoms with Crippen molar-refractivity contribution in [2.75, 3.05) is 5.32 Å². The van der Waals surface area contributed by atoms with E-state index in [0.29, 0.717) is 0 Å². The monoisotopic (exact) mass is 269 g/mol. The molecule has 2 aromatic rings. The molecule has 0 unspecified atom stereocenters. The van der Waals surface area contributed by atoms with Gasteiger partial charge in [-0.25, -0.2) is 0 Å². The van der Waals surface area contributed by atoms with Gasteiger partial charge in [0.1, 0.15) is 0 Å². The third kappa shape index (κ3) is 3.26. The topological polar surface area (TPSA) is 47.7 Å². The lowest BCUT2D eigenvalue weighted by Gasteiger charge is -2.07. The summed E-state index contributed by atoms with van der Waals surface area (Å²) < 4.78 is 3.85. The van der Waals surface area contributed by atoms with Crippen molar-refractivity contribution in [2.24, 2.45) is 7.05 Å². The molecular weight excluding hydrogens is 250 g/mol. The van der Waals surface area contributed by atoms with Crippen LogP contribution in [0.3, 0.4) is 0 Å². The number of halogens is 1. The number of nitrogens with zero attached hydrogens (tertiary/aromatic N) is 4. The number of nitrogens with one attached hydrogen (secondary N) is 1. The summed E-state index contributed by atoms with van der Waals surface area (Å²) in [5.41, 5.74) is 2.35. The van der Waals surface area contributed by atoms with Gasteiger partial charge >= 0.3 is 0 Å². The second kappa shape index (κ2) is 6.44. The van der Waals surface area contributed by atoms with Crippen LogP contribution in [0.25, 0.3) is 0 Å². The predicted molar refractivity (Wildman–Crippen MR) is 75.0 cm³/mol. The lowest BCUT2D eigenvalue weighted by Crippen LogP contribution is -2.09. The quantitative estimate of drug-likeness (QED) is 0.907. The lowest BCUT2D eigenvalue weighted by atomic mass is 10.3. The van der Waals surface area contributed by atoms with Crippen LogP contribution in [0.1, 0.15) is 24.6 Å². The van der Waals surface area contributed by atoms with E-state index in [4.69, 9.17) is 0 Å². The molecule has 0 aliphatic carbocycles. The van der Waals surface area contributed by atoms with Gasteiger partial charge in [0, 0.05) is 31.5 Å². The maximum Gasteiger partial charge on any atom is 0.151 e. The number of hydrogen-bond donors (Lipinski definition) is 1. The summed E-state index contributed by atoms with van der Waals surface area (Å²) in [5, 5.41) is 12.0. The van der Waals surface area contributed by atoms with Crippen molar-refractivity contribution < 1.29 is 0 Å². The first-order chi connectivity index (χ1) is 8.20. The van der Waals surface area contributed by atoms with E-state index >= 15 is 0 Å². The maximum absolute atomic E-state index is 4.36. The summed E-state index contributed by atoms with van der Waals surface area (Å²) in [6.07, 6.45) is 4.95. The Bertz CT molecular complexity index is 488. The minimum Gasteiger partial charge on any atom is -0.363 e. The van der Waals surface area contributed by atoms with Crippen LogP contribution < -0.4 is 5.32 Å². The number of anilines is 1. The zero-order valence-corrected chi connectivity index (χ0v) is 11.9. The van der Waals surface area contributed by atoms with Crippen molar-refractivity contribution in [1.82, 2.24) is 19.6 Å². The predicted octanol–water partition coefficient (Wildman–Crippen LogP) is 2.37. The van der Waals surface area contributed by atoms with Gasteiger partial charge in [-0.15, -0.1) is 12.4 Å². The Balaban J connectivity index is 0.00000162. The second-order valence-electron chi connectivity index (χ2n) is 4.23. The fraction of sp³-hybridized carbons (Fsp3) is 0.500. The van der Waals surface area contributed by atoms with Crippen LogP contribution in [0.15, 0.2) is 18.5 Å². The smallest absolute Gasteiger partial charge is 0.151 e. The van der Waals surface area contributed by atoms with E-state index in [0.717, 1.165) is 30.9 Å². The molecule has 0 aliphatic rings. The second-order valence-corrected chi connectivity index (χ2v) is 4.23. The zero-order valence-electron chi connectivity index (χ0n) is 11.1. The van der Waals surface area contributed by atoms with Crippen molar-refractivity contribution >= 4 is 18.2 Å². The van der Waals surface area contributed by atoms with Gasteiger partial charge in [0.15, 0.2) is 5.82 Å². The minimum atomic E-state index is 0. The molecule has 0 radical (unpaired) electrons. The van der Waals surface area contributed by atoms with Crippen LogP contribution in [-0.2, 0) is 20.1 Å². The van der Waals surface area contributed by atoms with Crippen molar-refractivity contribution in [2.45, 2.75) is 33.4 Å². The molecule has 18 heavy (non-hydrogen) atoms. The molecule has 5 nitrogen and oxygen atoms in total. The van der Waals surface area contributed by atoms with E-state index in [-0.39, 0.29) is 12.4 Å². The summed E-state index contributed by atoms with van der Waals surface area (Å²) in [4.78, 5) is 0. The van der Waals surface area contributed by atoms with Crippen LogP contribution in [0, 0.1) is 6.92 Å². The summed E-state index contributed by atoms with van der Waals surface area (Å²) in [6.45, 7) is 5.93. The molecule has 0 aliphatic heterocycles. The fourth-order valence-electron chi connectivity index (χ4n) is 1.88. The molecule has 0 saturated heterocycles. The highest BCUT2D eigenvalue weighted by Crippen LogP contribution is 2.12. The van der Waals surface area contributed by atoms with E-state index in [9.17, 15) is 0 Å². The normalized spacial score (nSPS) is 10.2. The average Bonchev–Trinajstić information content (AvgIpc) is 2.83. The SMILES string of the molecule is CCCn1nccc1CNc1nn(C)cc1C.Cl. The molecule has 0 amide bonds. The first-order valence-electron chi connectivity index (χ1n) is 5.95. The molecular formula is C12H20ClN5. The van der Waals surface area contributed by atoms with E-state index < -0.39 is 0 Å². The zero-order chi connectivity index (χ0) is 12.3. The van der Waals surface area contributed by atoms with Crippen molar-refractivity contribution in [1.29, 1.82) is 0 Å². The maximum atomic E-state index is 4.36. The highest BCUT2D eigenvalue weighted by molar-refractivity contribution is 5.85. The van der Waals surface area contributed by atoms with Crippen molar-refractivity contribution in [3.05, 3.63) is 29.7 Å². The molecule has 1 N–H and O–H groups in total. The van der Waals surface area contributed by atoms with E-state index in [1.165, 1.54) is 5.69 Å². The van der Waals surface area contributed by atoms with Gasteiger partial charge in [0.2, 0.25) is 0 Å². The molecule has 0 spiro atoms. The fourth-order valence-corrected chi connectivity index (χ4v) is 1.88. The molecule has 0 atom stereocenters. The largest absolute Gasteiger partial charge is 0.363 e. The highest BCUT2D eigenvalue weighted by Gasteiger charge is 2.05. The number of aryl methyl sites for hydroxylation is 3. The molecule has 6 heteroatoms. The van der Waals surface area contributed by atoms with E-state index in [1.54, 1.807) is 0 Å². The summed E-state index contributed by atoms with van der Waals surface area (Å²) in [6, 6.07) is 2.04. The summed E-state index contributed by atoms with van der Waals surface area (Å²) in [5.74, 6) is 0.941. The molecule has 0 fully saturated rings. The molecule has 2 aromatic heterocycles. The van der Waals surface area contributed by atoms with Gasteiger partial charge in [-0.05, 0) is 19.4 Å². The van der Waals surface area contributed by atoms with Crippen LogP contribution in [-0.4, -0.2) is 19.6 Å². The lowest BCUT2D eigenvalue weighted by molar-refractivity contribution is 0.578. The van der Waals surface area contributed by atoms with Gasteiger partial charge in [-0.2, -0.15) is 10.2 Å². The third-order valence-electron chi connectivity index (χ3n) is 2.69. The molecule has 0 saturated carbocycles. The van der Waals surface area contributed by atoms with Gasteiger partial charge in [0.05, 0.1) is 12.2 Å². The Kier molecular flexibility index (Phi) is 5.22. The van der Waals surface area contributed by atoms with Crippen LogP contribution in [0.5, 0.6) is 0 Å². The van der Waals surface area contributed by atoms with Crippen LogP contribution in [0.4, 0.5) is 5.82 Å². The summed E-state index contributed by atoms with van der Waals surface area (Å²) >= 11 is 0. The minimum absolute atomic E-state index is 0. The van der Waals surface area contributed by atoms with Gasteiger partial charge in [-0.3, -0.25) is 9.36 Å². The van der Waals surface area contributed by atoms with Gasteiger partial charge in [-0.1, -0.05) is 6.92 Å². The number of rotatable bonds is 5. The standard InChI is InChI=1S/C12H19N5.ClH/c1-4-7-17-11(5-6-14-17)8-13-12-10(2)9-16(3)15-12;/h5-6,9H,4,7-8H2,1-3H3,(H,13,15);1H. The van der Waals surface area contributed by atoms with Gasteiger partial charge in [0.25, 0.3) is 0 Å². The van der Waals surface area contributed by atoms with E-state index in [1.807, 2.05) is 34.9 Å². The third-order valence-corrected chi connectivity index (χ3v) is 2.69. The number of aromatic nitrogens is 4. The molecule has 0 bridgehead atoms. The Morgan fingerprint density at radius 1 is 1.39 bits per heavy atom. The van der Waals surface area contributed by atoms with Crippen molar-refractivity contribution in [3.8, 4) is 0 Å². The number of hydrogen-bond acceptors (Lipinski definition) is 3. The van der Waals surface area contributed by atoms with Gasteiger partial charge < -0.3 is 5.32 Å². The molecule has 2 heterocycles. The van der Waals surface area contributed by atoms with Crippen LogP contribution >= 0.6 is 12.4 Å². The Morgan fingerprint density at radius 3 is 2.78 bits per heavy atom. The molecule has 2 rings (SSSR count). The highest BCUT2D eigenvalue weighted by atomic mass is 35.5.